The van der Waals surface area contributed by atoms with Gasteiger partial charge in [0.25, 0.3) is 5.82 Å². The van der Waals surface area contributed by atoms with Crippen molar-refractivity contribution in [1.29, 1.82) is 0 Å². The van der Waals surface area contributed by atoms with Gasteiger partial charge in [-0.3, -0.25) is 0 Å². The molecule has 0 amide bonds. The van der Waals surface area contributed by atoms with Crippen molar-refractivity contribution in [2.75, 3.05) is 13.2 Å². The molecule has 3 rings (SSSR count). The van der Waals surface area contributed by atoms with Crippen molar-refractivity contribution in [2.45, 2.75) is 12.5 Å². The van der Waals surface area contributed by atoms with Crippen LogP contribution in [0.3, 0.4) is 0 Å². The summed E-state index contributed by atoms with van der Waals surface area (Å²) in [6.07, 6.45) is 1.74. The van der Waals surface area contributed by atoms with Gasteiger partial charge in [-0.15, -0.1) is 17.4 Å². The van der Waals surface area contributed by atoms with Crippen LogP contribution in [0.25, 0.3) is 16.1 Å². The first kappa shape index (κ1) is 18.6. The van der Waals surface area contributed by atoms with Gasteiger partial charge in [0.2, 0.25) is 11.6 Å². The Labute approximate surface area is 149 Å². The van der Waals surface area contributed by atoms with Crippen LogP contribution in [-0.2, 0) is 4.84 Å². The Bertz CT molecular complexity index is 807. The van der Waals surface area contributed by atoms with Crippen molar-refractivity contribution in [1.82, 2.24) is 9.97 Å². The number of hydrogen-bond acceptors (Lipinski definition) is 6. The first-order valence-electron chi connectivity index (χ1n) is 7.24. The van der Waals surface area contributed by atoms with Crippen LogP contribution < -0.4 is 10.5 Å². The average Bonchev–Trinajstić information content (AvgIpc) is 3.08. The summed E-state index contributed by atoms with van der Waals surface area (Å²) in [5.41, 5.74) is 7.29. The Morgan fingerprint density at radius 1 is 1.36 bits per heavy atom. The van der Waals surface area contributed by atoms with E-state index in [2.05, 4.69) is 20.0 Å². The lowest BCUT2D eigenvalue weighted by atomic mass is 10.1. The molecule has 0 aromatic carbocycles. The normalized spacial score (nSPS) is 15.6. The standard InChI is InChI=1S/C16H14FN5O2.ClH/c1-19-15-5-3-13(23-9-12-6-11(7-18)22-24-12)16(21-15)10-2-4-14(17)20-8-10;/h2-5,8,12H,6-7,9,18H2;1H. The molecule has 25 heavy (non-hydrogen) atoms. The van der Waals surface area contributed by atoms with Crippen molar-refractivity contribution >= 4 is 23.9 Å². The Morgan fingerprint density at radius 3 is 2.84 bits per heavy atom. The second-order valence-electron chi connectivity index (χ2n) is 5.10. The van der Waals surface area contributed by atoms with E-state index in [9.17, 15) is 4.39 Å². The fraction of sp³-hybridized carbons (Fsp3) is 0.250. The van der Waals surface area contributed by atoms with Gasteiger partial charge in [0.05, 0.1) is 5.71 Å². The van der Waals surface area contributed by atoms with Crippen molar-refractivity contribution in [3.05, 3.63) is 47.8 Å². The molecular formula is C16H15ClFN5O2. The molecule has 0 fully saturated rings. The van der Waals surface area contributed by atoms with E-state index >= 15 is 0 Å². The maximum atomic E-state index is 13.0. The van der Waals surface area contributed by atoms with Gasteiger partial charge >= 0.3 is 0 Å². The first-order chi connectivity index (χ1) is 11.7. The zero-order valence-corrected chi connectivity index (χ0v) is 13.9. The molecule has 0 aliphatic carbocycles. The predicted molar refractivity (Wildman–Crippen MR) is 92.4 cm³/mol. The number of pyridine rings is 2. The number of rotatable bonds is 5. The minimum absolute atomic E-state index is 0. The monoisotopic (exact) mass is 363 g/mol. The number of ether oxygens (including phenoxy) is 1. The fourth-order valence-corrected chi connectivity index (χ4v) is 2.22. The molecule has 7 nitrogen and oxygen atoms in total. The Morgan fingerprint density at radius 2 is 2.20 bits per heavy atom. The van der Waals surface area contributed by atoms with Gasteiger partial charge in [0, 0.05) is 24.7 Å². The molecule has 2 N–H and O–H groups in total. The lowest BCUT2D eigenvalue weighted by Gasteiger charge is -2.12. The van der Waals surface area contributed by atoms with Crippen LogP contribution in [0.5, 0.6) is 5.75 Å². The minimum Gasteiger partial charge on any atom is -0.485 e. The Balaban J connectivity index is 0.00000225. The van der Waals surface area contributed by atoms with Gasteiger partial charge in [-0.1, -0.05) is 11.7 Å². The summed E-state index contributed by atoms with van der Waals surface area (Å²) in [5, 5.41) is 3.87. The molecule has 0 spiro atoms. The average molecular weight is 364 g/mol. The second kappa shape index (κ2) is 8.37. The summed E-state index contributed by atoms with van der Waals surface area (Å²) < 4.78 is 18.8. The Kier molecular flexibility index (Phi) is 6.22. The lowest BCUT2D eigenvalue weighted by molar-refractivity contribution is 0.0472. The van der Waals surface area contributed by atoms with Crippen molar-refractivity contribution < 1.29 is 14.0 Å². The van der Waals surface area contributed by atoms with Crippen LogP contribution in [0.1, 0.15) is 6.42 Å². The van der Waals surface area contributed by atoms with E-state index in [0.717, 1.165) is 5.71 Å². The van der Waals surface area contributed by atoms with Gasteiger partial charge in [-0.25, -0.2) is 4.98 Å². The number of halogens is 2. The SMILES string of the molecule is Cl.[C-]#[N+]c1ccc(OCC2CC(CN)=NO2)c(-c2ccc(F)nc2)n1. The highest BCUT2D eigenvalue weighted by atomic mass is 35.5. The third kappa shape index (κ3) is 4.41. The van der Waals surface area contributed by atoms with Gasteiger partial charge in [-0.2, -0.15) is 4.39 Å². The van der Waals surface area contributed by atoms with Crippen LogP contribution in [0.4, 0.5) is 10.2 Å². The third-order valence-electron chi connectivity index (χ3n) is 3.41. The molecule has 0 radical (unpaired) electrons. The molecule has 1 unspecified atom stereocenters. The van der Waals surface area contributed by atoms with E-state index in [-0.39, 0.29) is 30.9 Å². The van der Waals surface area contributed by atoms with Crippen LogP contribution >= 0.6 is 12.4 Å². The van der Waals surface area contributed by atoms with Crippen LogP contribution in [0.15, 0.2) is 35.6 Å². The van der Waals surface area contributed by atoms with E-state index in [1.54, 1.807) is 12.1 Å². The largest absolute Gasteiger partial charge is 0.485 e. The number of oxime groups is 1. The van der Waals surface area contributed by atoms with E-state index in [1.807, 2.05) is 0 Å². The van der Waals surface area contributed by atoms with Crippen LogP contribution in [-0.4, -0.2) is 34.9 Å². The lowest BCUT2D eigenvalue weighted by Crippen LogP contribution is -2.20. The fourth-order valence-electron chi connectivity index (χ4n) is 2.22. The van der Waals surface area contributed by atoms with Crippen molar-refractivity contribution in [2.24, 2.45) is 10.9 Å². The number of hydrogen-bond donors (Lipinski definition) is 1. The number of nitrogens with zero attached hydrogens (tertiary/aromatic N) is 4. The summed E-state index contributed by atoms with van der Waals surface area (Å²) in [6.45, 7) is 7.70. The zero-order valence-electron chi connectivity index (χ0n) is 13.1. The van der Waals surface area contributed by atoms with E-state index in [0.29, 0.717) is 30.0 Å². The van der Waals surface area contributed by atoms with E-state index in [1.165, 1.54) is 18.3 Å². The summed E-state index contributed by atoms with van der Waals surface area (Å²) in [7, 11) is 0. The highest BCUT2D eigenvalue weighted by Crippen LogP contribution is 2.30. The first-order valence-corrected chi connectivity index (χ1v) is 7.24. The number of aromatic nitrogens is 2. The zero-order chi connectivity index (χ0) is 16.9. The van der Waals surface area contributed by atoms with Gasteiger partial charge in [-0.05, 0) is 24.3 Å². The minimum atomic E-state index is -0.589. The van der Waals surface area contributed by atoms with E-state index in [4.69, 9.17) is 21.9 Å². The van der Waals surface area contributed by atoms with Crippen LogP contribution in [0.2, 0.25) is 0 Å². The number of nitrogens with two attached hydrogens (primary N) is 1. The molecule has 0 saturated carbocycles. The molecule has 2 aromatic rings. The predicted octanol–water partition coefficient (Wildman–Crippen LogP) is 2.74. The maximum absolute atomic E-state index is 13.0. The maximum Gasteiger partial charge on any atom is 0.270 e. The summed E-state index contributed by atoms with van der Waals surface area (Å²) >= 11 is 0. The molecule has 2 aromatic heterocycles. The highest BCUT2D eigenvalue weighted by Gasteiger charge is 2.22. The molecule has 0 saturated heterocycles. The topological polar surface area (TPSA) is 87.0 Å². The molecule has 1 aliphatic rings. The van der Waals surface area contributed by atoms with E-state index < -0.39 is 5.95 Å². The summed E-state index contributed by atoms with van der Waals surface area (Å²) in [6, 6.07) is 5.97. The smallest absolute Gasteiger partial charge is 0.270 e. The van der Waals surface area contributed by atoms with Gasteiger partial charge < -0.3 is 20.2 Å². The Hall–Kier alpha value is -2.76. The molecule has 130 valence electrons. The van der Waals surface area contributed by atoms with Gasteiger partial charge in [0.1, 0.15) is 6.61 Å². The highest BCUT2D eigenvalue weighted by molar-refractivity contribution is 5.87. The second-order valence-corrected chi connectivity index (χ2v) is 5.10. The molecule has 9 heteroatoms. The molecule has 1 atom stereocenters. The van der Waals surface area contributed by atoms with Crippen molar-refractivity contribution in [3.63, 3.8) is 0 Å². The van der Waals surface area contributed by atoms with Crippen LogP contribution in [0, 0.1) is 12.5 Å². The quantitative estimate of drug-likeness (QED) is 0.652. The molecular weight excluding hydrogens is 349 g/mol. The molecule has 1 aliphatic heterocycles. The summed E-state index contributed by atoms with van der Waals surface area (Å²) in [5.74, 6) is 0.0847. The molecule has 0 bridgehead atoms. The molecule has 3 heterocycles. The summed E-state index contributed by atoms with van der Waals surface area (Å²) in [4.78, 5) is 16.4. The van der Waals surface area contributed by atoms with Crippen molar-refractivity contribution in [3.8, 4) is 17.0 Å². The third-order valence-corrected chi connectivity index (χ3v) is 3.41. The van der Waals surface area contributed by atoms with Gasteiger partial charge in [0.15, 0.2) is 11.9 Å².